The number of likely N-dealkylation sites (tertiary alicyclic amines) is 1. The van der Waals surface area contributed by atoms with Gasteiger partial charge < -0.3 is 24.8 Å². The molecule has 0 bridgehead atoms. The fraction of sp³-hybridized carbons (Fsp3) is 0.417. The molecular formula is C24H28N2O5. The number of carbonyl (C=O) groups is 2. The van der Waals surface area contributed by atoms with Gasteiger partial charge in [0.1, 0.15) is 12.2 Å². The third kappa shape index (κ3) is 4.51. The van der Waals surface area contributed by atoms with Crippen molar-refractivity contribution in [3.63, 3.8) is 0 Å². The number of benzene rings is 2. The lowest BCUT2D eigenvalue weighted by Gasteiger charge is -2.22. The zero-order chi connectivity index (χ0) is 22.2. The molecule has 1 fully saturated rings. The van der Waals surface area contributed by atoms with Gasteiger partial charge in [-0.3, -0.25) is 0 Å². The van der Waals surface area contributed by atoms with Gasteiger partial charge in [-0.2, -0.15) is 0 Å². The van der Waals surface area contributed by atoms with Crippen molar-refractivity contribution in [2.75, 3.05) is 19.7 Å². The summed E-state index contributed by atoms with van der Waals surface area (Å²) in [5.41, 5.74) is 3.97. The average Bonchev–Trinajstić information content (AvgIpc) is 3.23. The number of rotatable bonds is 3. The van der Waals surface area contributed by atoms with Gasteiger partial charge in [0.25, 0.3) is 0 Å². The van der Waals surface area contributed by atoms with Gasteiger partial charge in [-0.05, 0) is 43.0 Å². The number of amides is 2. The van der Waals surface area contributed by atoms with Crippen LogP contribution in [0.25, 0.3) is 11.1 Å². The number of hydrogen-bond donors (Lipinski definition) is 2. The maximum atomic E-state index is 12.7. The highest BCUT2D eigenvalue weighted by molar-refractivity contribution is 5.79. The number of carbonyl (C=O) groups excluding carboxylic acids is 2. The lowest BCUT2D eigenvalue weighted by Crippen LogP contribution is -2.45. The van der Waals surface area contributed by atoms with Crippen molar-refractivity contribution in [1.29, 1.82) is 0 Å². The van der Waals surface area contributed by atoms with Gasteiger partial charge in [0, 0.05) is 12.5 Å². The Morgan fingerprint density at radius 2 is 1.61 bits per heavy atom. The fourth-order valence-electron chi connectivity index (χ4n) is 4.22. The minimum atomic E-state index is -0.881. The van der Waals surface area contributed by atoms with Crippen LogP contribution < -0.4 is 5.32 Å². The zero-order valence-corrected chi connectivity index (χ0v) is 18.0. The molecule has 7 nitrogen and oxygen atoms in total. The van der Waals surface area contributed by atoms with E-state index in [0.29, 0.717) is 0 Å². The third-order valence-electron chi connectivity index (χ3n) is 5.59. The molecule has 31 heavy (non-hydrogen) atoms. The van der Waals surface area contributed by atoms with Crippen molar-refractivity contribution in [2.45, 2.75) is 44.4 Å². The van der Waals surface area contributed by atoms with Gasteiger partial charge in [-0.25, -0.2) is 9.59 Å². The monoisotopic (exact) mass is 424 g/mol. The summed E-state index contributed by atoms with van der Waals surface area (Å²) in [4.78, 5) is 26.1. The second kappa shape index (κ2) is 8.23. The van der Waals surface area contributed by atoms with Crippen molar-refractivity contribution < 1.29 is 24.2 Å². The highest BCUT2D eigenvalue weighted by atomic mass is 16.6. The van der Waals surface area contributed by atoms with E-state index >= 15 is 0 Å². The summed E-state index contributed by atoms with van der Waals surface area (Å²) >= 11 is 0. The van der Waals surface area contributed by atoms with Crippen LogP contribution in [0.3, 0.4) is 0 Å². The molecule has 2 N–H and O–H groups in total. The molecule has 2 amide bonds. The van der Waals surface area contributed by atoms with Crippen molar-refractivity contribution >= 4 is 12.2 Å². The molecule has 1 saturated heterocycles. The molecule has 164 valence electrons. The minimum Gasteiger partial charge on any atom is -0.448 e. The van der Waals surface area contributed by atoms with Crippen LogP contribution in [-0.4, -0.2) is 59.6 Å². The van der Waals surface area contributed by atoms with Crippen molar-refractivity contribution in [3.8, 4) is 11.1 Å². The van der Waals surface area contributed by atoms with Crippen LogP contribution in [0.2, 0.25) is 0 Å². The zero-order valence-electron chi connectivity index (χ0n) is 18.0. The Hall–Kier alpha value is -3.06. The molecule has 0 aromatic heterocycles. The number of alkyl carbamates (subject to hydrolysis) is 1. The second-order valence-electron chi connectivity index (χ2n) is 9.03. The van der Waals surface area contributed by atoms with E-state index in [2.05, 4.69) is 29.6 Å². The number of aliphatic hydroxyl groups is 1. The molecule has 0 saturated carbocycles. The van der Waals surface area contributed by atoms with E-state index in [9.17, 15) is 14.7 Å². The van der Waals surface area contributed by atoms with Crippen LogP contribution >= 0.6 is 0 Å². The average molecular weight is 424 g/mol. The fourth-order valence-corrected chi connectivity index (χ4v) is 4.22. The molecule has 2 atom stereocenters. The molecule has 0 spiro atoms. The van der Waals surface area contributed by atoms with Gasteiger partial charge in [-0.1, -0.05) is 48.5 Å². The third-order valence-corrected chi connectivity index (χ3v) is 5.59. The number of fused-ring (bicyclic) bond motifs is 3. The van der Waals surface area contributed by atoms with E-state index in [1.54, 1.807) is 20.8 Å². The minimum absolute atomic E-state index is 0.0282. The topological polar surface area (TPSA) is 88.1 Å². The number of nitrogens with zero attached hydrogens (tertiary/aromatic N) is 1. The lowest BCUT2D eigenvalue weighted by molar-refractivity contribution is 0.0461. The van der Waals surface area contributed by atoms with Gasteiger partial charge in [-0.15, -0.1) is 0 Å². The molecule has 2 aliphatic rings. The SMILES string of the molecule is CC(C)(C)OC(=O)NC1CN(C(=O)OCC2c3ccccc3-c3ccccc32)CC1O. The highest BCUT2D eigenvalue weighted by Crippen LogP contribution is 2.44. The molecule has 1 aliphatic carbocycles. The summed E-state index contributed by atoms with van der Waals surface area (Å²) in [5, 5.41) is 12.9. The summed E-state index contributed by atoms with van der Waals surface area (Å²) in [6.45, 7) is 5.76. The van der Waals surface area contributed by atoms with Crippen LogP contribution in [0.15, 0.2) is 48.5 Å². The first-order chi connectivity index (χ1) is 14.7. The number of aliphatic hydroxyl groups excluding tert-OH is 1. The van der Waals surface area contributed by atoms with Crippen LogP contribution in [0.5, 0.6) is 0 Å². The van der Waals surface area contributed by atoms with Crippen LogP contribution in [0.4, 0.5) is 9.59 Å². The quantitative estimate of drug-likeness (QED) is 0.787. The molecule has 1 heterocycles. The number of β-amino-alcohol motifs (C(OH)–C–C–N with tert-alkyl or cyclic N) is 1. The first-order valence-electron chi connectivity index (χ1n) is 10.5. The van der Waals surface area contributed by atoms with Crippen molar-refractivity contribution in [2.24, 2.45) is 0 Å². The summed E-state index contributed by atoms with van der Waals surface area (Å²) in [5.74, 6) is -0.0282. The van der Waals surface area contributed by atoms with Gasteiger partial charge in [0.15, 0.2) is 0 Å². The predicted molar refractivity (Wildman–Crippen MR) is 116 cm³/mol. The van der Waals surface area contributed by atoms with E-state index in [0.717, 1.165) is 22.3 Å². The Morgan fingerprint density at radius 3 is 2.19 bits per heavy atom. The van der Waals surface area contributed by atoms with Crippen LogP contribution in [-0.2, 0) is 9.47 Å². The summed E-state index contributed by atoms with van der Waals surface area (Å²) in [7, 11) is 0. The van der Waals surface area contributed by atoms with Crippen molar-refractivity contribution in [3.05, 3.63) is 59.7 Å². The molecular weight excluding hydrogens is 396 g/mol. The molecule has 2 aromatic carbocycles. The smallest absolute Gasteiger partial charge is 0.409 e. The normalized spacial score (nSPS) is 20.2. The summed E-state index contributed by atoms with van der Waals surface area (Å²) in [6.07, 6.45) is -2.01. The highest BCUT2D eigenvalue weighted by Gasteiger charge is 2.37. The maximum absolute atomic E-state index is 12.7. The Bertz CT molecular complexity index is 938. The first-order valence-corrected chi connectivity index (χ1v) is 10.5. The lowest BCUT2D eigenvalue weighted by atomic mass is 9.98. The number of hydrogen-bond acceptors (Lipinski definition) is 5. The molecule has 1 aliphatic heterocycles. The molecule has 0 radical (unpaired) electrons. The van der Waals surface area contributed by atoms with Gasteiger partial charge in [0.2, 0.25) is 0 Å². The van der Waals surface area contributed by atoms with Crippen LogP contribution in [0, 0.1) is 0 Å². The summed E-state index contributed by atoms with van der Waals surface area (Å²) < 4.78 is 10.9. The van der Waals surface area contributed by atoms with E-state index in [4.69, 9.17) is 9.47 Å². The Morgan fingerprint density at radius 1 is 1.03 bits per heavy atom. The first kappa shape index (κ1) is 21.2. The Kier molecular flexibility index (Phi) is 5.62. The largest absolute Gasteiger partial charge is 0.448 e. The molecule has 7 heteroatoms. The molecule has 4 rings (SSSR count). The van der Waals surface area contributed by atoms with Crippen LogP contribution in [0.1, 0.15) is 37.8 Å². The van der Waals surface area contributed by atoms with Crippen molar-refractivity contribution in [1.82, 2.24) is 10.2 Å². The van der Waals surface area contributed by atoms with E-state index in [-0.39, 0.29) is 25.6 Å². The molecule has 2 unspecified atom stereocenters. The standard InChI is InChI=1S/C24H28N2O5/c1-24(2,3)31-22(28)25-20-12-26(13-21(20)27)23(29)30-14-19-17-10-6-4-8-15(17)16-9-5-7-11-18(16)19/h4-11,19-21,27H,12-14H2,1-3H3,(H,25,28). The maximum Gasteiger partial charge on any atom is 0.409 e. The van der Waals surface area contributed by atoms with E-state index in [1.165, 1.54) is 4.90 Å². The Labute approximate surface area is 182 Å². The Balaban J connectivity index is 1.37. The van der Waals surface area contributed by atoms with Gasteiger partial charge in [0.05, 0.1) is 18.7 Å². The number of nitrogens with one attached hydrogen (secondary N) is 1. The van der Waals surface area contributed by atoms with Gasteiger partial charge >= 0.3 is 12.2 Å². The van der Waals surface area contributed by atoms with E-state index < -0.39 is 29.9 Å². The second-order valence-corrected chi connectivity index (χ2v) is 9.03. The van der Waals surface area contributed by atoms with E-state index in [1.807, 2.05) is 24.3 Å². The molecule has 2 aromatic rings. The number of ether oxygens (including phenoxy) is 2. The summed E-state index contributed by atoms with van der Waals surface area (Å²) in [6, 6.07) is 15.7. The predicted octanol–water partition coefficient (Wildman–Crippen LogP) is 3.51.